The fourth-order valence-corrected chi connectivity index (χ4v) is 5.70. The molecule has 37 heavy (non-hydrogen) atoms. The van der Waals surface area contributed by atoms with E-state index in [4.69, 9.17) is 4.74 Å². The van der Waals surface area contributed by atoms with Crippen LogP contribution in [0, 0.1) is 5.82 Å². The molecule has 0 unspecified atom stereocenters. The van der Waals surface area contributed by atoms with Crippen molar-refractivity contribution in [3.8, 4) is 5.75 Å². The molecule has 1 aliphatic rings. The van der Waals surface area contributed by atoms with Gasteiger partial charge in [0.15, 0.2) is 0 Å². The topological polar surface area (TPSA) is 91.8 Å². The standard InChI is InChI=1S/C27H25FN4O4S/c1-36-24-9-3-2-8-23(24)31-14-16-32(17-15-31)27(33)20-11-12-22(21(28)18-20)30-37(34,35)25-10-4-6-19-7-5-13-29-26(19)25/h2-13,18,30H,14-17H2,1H3. The van der Waals surface area contributed by atoms with Crippen molar-refractivity contribution in [2.45, 2.75) is 4.90 Å². The number of amides is 1. The van der Waals surface area contributed by atoms with Crippen molar-refractivity contribution in [3.05, 3.63) is 90.4 Å². The van der Waals surface area contributed by atoms with Gasteiger partial charge in [0, 0.05) is 43.3 Å². The predicted molar refractivity (Wildman–Crippen MR) is 140 cm³/mol. The number of fused-ring (bicyclic) bond motifs is 1. The monoisotopic (exact) mass is 520 g/mol. The second kappa shape index (κ2) is 10.1. The molecule has 1 saturated heterocycles. The lowest BCUT2D eigenvalue weighted by atomic mass is 10.1. The summed E-state index contributed by atoms with van der Waals surface area (Å²) in [5.74, 6) is -0.386. The van der Waals surface area contributed by atoms with E-state index in [9.17, 15) is 17.6 Å². The fourth-order valence-electron chi connectivity index (χ4n) is 4.45. The fraction of sp³-hybridized carbons (Fsp3) is 0.185. The minimum Gasteiger partial charge on any atom is -0.495 e. The van der Waals surface area contributed by atoms with Gasteiger partial charge in [-0.3, -0.25) is 14.5 Å². The number of ether oxygens (including phenoxy) is 1. The average molecular weight is 521 g/mol. The van der Waals surface area contributed by atoms with Gasteiger partial charge in [0.25, 0.3) is 15.9 Å². The molecule has 1 aliphatic heterocycles. The van der Waals surface area contributed by atoms with Crippen molar-refractivity contribution < 1.29 is 22.3 Å². The Bertz CT molecular complexity index is 1560. The summed E-state index contributed by atoms with van der Waals surface area (Å²) in [6, 6.07) is 19.7. The first-order valence-corrected chi connectivity index (χ1v) is 13.2. The lowest BCUT2D eigenvalue weighted by Gasteiger charge is -2.36. The van der Waals surface area contributed by atoms with Gasteiger partial charge in [-0.15, -0.1) is 0 Å². The first-order chi connectivity index (χ1) is 17.9. The number of para-hydroxylation sites is 3. The van der Waals surface area contributed by atoms with Gasteiger partial charge in [-0.1, -0.05) is 30.3 Å². The Morgan fingerprint density at radius 1 is 0.973 bits per heavy atom. The predicted octanol–water partition coefficient (Wildman–Crippen LogP) is 4.15. The normalized spacial score (nSPS) is 14.0. The van der Waals surface area contributed by atoms with Crippen LogP contribution in [-0.4, -0.2) is 57.5 Å². The summed E-state index contributed by atoms with van der Waals surface area (Å²) in [6.45, 7) is 2.12. The SMILES string of the molecule is COc1ccccc1N1CCN(C(=O)c2ccc(NS(=O)(=O)c3cccc4cccnc34)c(F)c2)CC1. The highest BCUT2D eigenvalue weighted by Crippen LogP contribution is 2.29. The number of nitrogens with one attached hydrogen (secondary N) is 1. The molecule has 8 nitrogen and oxygen atoms in total. The highest BCUT2D eigenvalue weighted by atomic mass is 32.2. The third-order valence-electron chi connectivity index (χ3n) is 6.34. The largest absolute Gasteiger partial charge is 0.495 e. The van der Waals surface area contributed by atoms with Crippen molar-refractivity contribution in [3.63, 3.8) is 0 Å². The van der Waals surface area contributed by atoms with Gasteiger partial charge in [0.1, 0.15) is 16.5 Å². The molecule has 0 spiro atoms. The molecular weight excluding hydrogens is 495 g/mol. The van der Waals surface area contributed by atoms with Crippen molar-refractivity contribution in [1.82, 2.24) is 9.88 Å². The summed E-state index contributed by atoms with van der Waals surface area (Å²) >= 11 is 0. The highest BCUT2D eigenvalue weighted by Gasteiger charge is 2.25. The minimum atomic E-state index is -4.12. The van der Waals surface area contributed by atoms with Crippen LogP contribution < -0.4 is 14.4 Å². The van der Waals surface area contributed by atoms with Crippen molar-refractivity contribution in [1.29, 1.82) is 0 Å². The summed E-state index contributed by atoms with van der Waals surface area (Å²) in [4.78, 5) is 21.0. The molecule has 1 fully saturated rings. The van der Waals surface area contributed by atoms with Crippen molar-refractivity contribution in [2.75, 3.05) is 42.9 Å². The molecule has 0 radical (unpaired) electrons. The zero-order valence-electron chi connectivity index (χ0n) is 20.1. The van der Waals surface area contributed by atoms with Gasteiger partial charge in [-0.2, -0.15) is 0 Å². The summed E-state index contributed by atoms with van der Waals surface area (Å²) in [5, 5.41) is 0.651. The van der Waals surface area contributed by atoms with Crippen LogP contribution >= 0.6 is 0 Å². The van der Waals surface area contributed by atoms with Gasteiger partial charge in [-0.05, 0) is 42.5 Å². The van der Waals surface area contributed by atoms with Gasteiger partial charge in [0.05, 0.1) is 24.0 Å². The third kappa shape index (κ3) is 4.92. The third-order valence-corrected chi connectivity index (χ3v) is 7.74. The molecular formula is C27H25FN4O4S. The van der Waals surface area contributed by atoms with Crippen LogP contribution in [0.4, 0.5) is 15.8 Å². The molecule has 3 aromatic carbocycles. The number of nitrogens with zero attached hydrogens (tertiary/aromatic N) is 3. The molecule has 1 aromatic heterocycles. The number of sulfonamides is 1. The number of halogens is 1. The molecule has 190 valence electrons. The number of anilines is 2. The number of hydrogen-bond acceptors (Lipinski definition) is 6. The number of carbonyl (C=O) groups is 1. The van der Waals surface area contributed by atoms with Crippen molar-refractivity contribution >= 4 is 38.2 Å². The van der Waals surface area contributed by atoms with Crippen LogP contribution in [0.1, 0.15) is 10.4 Å². The zero-order chi connectivity index (χ0) is 26.0. The molecule has 0 bridgehead atoms. The number of rotatable bonds is 6. The zero-order valence-corrected chi connectivity index (χ0v) is 20.9. The Morgan fingerprint density at radius 3 is 2.49 bits per heavy atom. The first-order valence-electron chi connectivity index (χ1n) is 11.7. The Hall–Kier alpha value is -4.18. The minimum absolute atomic E-state index is 0.0573. The van der Waals surface area contributed by atoms with Gasteiger partial charge >= 0.3 is 0 Å². The number of aromatic nitrogens is 1. The Kier molecular flexibility index (Phi) is 6.66. The Labute approximate surface area is 214 Å². The Balaban J connectivity index is 1.29. The maximum absolute atomic E-state index is 15.0. The van der Waals surface area contributed by atoms with E-state index in [2.05, 4.69) is 14.6 Å². The van der Waals surface area contributed by atoms with Crippen LogP contribution in [0.25, 0.3) is 10.9 Å². The van der Waals surface area contributed by atoms with Crippen LogP contribution in [0.2, 0.25) is 0 Å². The second-order valence-electron chi connectivity index (χ2n) is 8.58. The molecule has 0 atom stereocenters. The van der Waals surface area contributed by atoms with Crippen LogP contribution in [0.5, 0.6) is 5.75 Å². The smallest absolute Gasteiger partial charge is 0.264 e. The van der Waals surface area contributed by atoms with E-state index in [0.717, 1.165) is 17.5 Å². The quantitative estimate of drug-likeness (QED) is 0.411. The molecule has 0 saturated carbocycles. The van der Waals surface area contributed by atoms with E-state index < -0.39 is 15.8 Å². The highest BCUT2D eigenvalue weighted by molar-refractivity contribution is 7.93. The maximum Gasteiger partial charge on any atom is 0.264 e. The maximum atomic E-state index is 15.0. The number of carbonyl (C=O) groups excluding carboxylic acids is 1. The van der Waals surface area contributed by atoms with Gasteiger partial charge in [-0.25, -0.2) is 12.8 Å². The number of methoxy groups -OCH3 is 1. The number of benzene rings is 3. The summed E-state index contributed by atoms with van der Waals surface area (Å²) in [6.07, 6.45) is 1.50. The van der Waals surface area contributed by atoms with Crippen LogP contribution in [0.15, 0.2) is 83.9 Å². The lowest BCUT2D eigenvalue weighted by molar-refractivity contribution is 0.0746. The van der Waals surface area contributed by atoms with E-state index >= 15 is 0 Å². The number of piperazine rings is 1. The van der Waals surface area contributed by atoms with Crippen molar-refractivity contribution in [2.24, 2.45) is 0 Å². The van der Waals surface area contributed by atoms with E-state index in [1.165, 1.54) is 24.4 Å². The molecule has 2 heterocycles. The Morgan fingerprint density at radius 2 is 1.73 bits per heavy atom. The number of pyridine rings is 1. The summed E-state index contributed by atoms with van der Waals surface area (Å²) in [5.41, 5.74) is 1.15. The molecule has 5 rings (SSSR count). The van der Waals surface area contributed by atoms with Gasteiger partial charge in [0.2, 0.25) is 0 Å². The molecule has 1 N–H and O–H groups in total. The lowest BCUT2D eigenvalue weighted by Crippen LogP contribution is -2.48. The first kappa shape index (κ1) is 24.5. The van der Waals surface area contributed by atoms with E-state index in [1.807, 2.05) is 24.3 Å². The summed E-state index contributed by atoms with van der Waals surface area (Å²) in [7, 11) is -2.50. The molecule has 4 aromatic rings. The average Bonchev–Trinajstić information content (AvgIpc) is 2.93. The number of hydrogen-bond donors (Lipinski definition) is 1. The van der Waals surface area contributed by atoms with Crippen LogP contribution in [0.3, 0.4) is 0 Å². The molecule has 10 heteroatoms. The van der Waals surface area contributed by atoms with E-state index in [-0.39, 0.29) is 27.6 Å². The second-order valence-corrected chi connectivity index (χ2v) is 10.2. The van der Waals surface area contributed by atoms with E-state index in [0.29, 0.717) is 31.6 Å². The van der Waals surface area contributed by atoms with E-state index in [1.54, 1.807) is 36.3 Å². The molecule has 0 aliphatic carbocycles. The van der Waals surface area contributed by atoms with Gasteiger partial charge < -0.3 is 14.5 Å². The summed E-state index contributed by atoms with van der Waals surface area (Å²) < 4.78 is 48.7. The van der Waals surface area contributed by atoms with Crippen LogP contribution in [-0.2, 0) is 10.0 Å². The molecule has 1 amide bonds.